The van der Waals surface area contributed by atoms with Crippen LogP contribution in [-0.4, -0.2) is 55.2 Å². The number of aliphatic hydroxyl groups excluding tert-OH is 1. The van der Waals surface area contributed by atoms with Gasteiger partial charge in [-0.05, 0) is 45.4 Å². The second-order valence-electron chi connectivity index (χ2n) is 8.50. The van der Waals surface area contributed by atoms with Gasteiger partial charge in [0.1, 0.15) is 5.82 Å². The molecule has 3 atom stereocenters. The van der Waals surface area contributed by atoms with Crippen molar-refractivity contribution in [3.05, 3.63) is 12.4 Å². The van der Waals surface area contributed by atoms with Crippen molar-refractivity contribution in [2.75, 3.05) is 19.4 Å². The van der Waals surface area contributed by atoms with Crippen LogP contribution in [0.1, 0.15) is 67.2 Å². The summed E-state index contributed by atoms with van der Waals surface area (Å²) >= 11 is 0. The molecule has 0 aliphatic rings. The summed E-state index contributed by atoms with van der Waals surface area (Å²) in [4.78, 5) is 24.3. The van der Waals surface area contributed by atoms with Crippen molar-refractivity contribution in [2.24, 2.45) is 17.3 Å². The first-order valence-electron chi connectivity index (χ1n) is 10.5. The summed E-state index contributed by atoms with van der Waals surface area (Å²) < 4.78 is 30.3. The molecular weight excluding hydrogens is 408 g/mol. The quantitative estimate of drug-likeness (QED) is 0.395. The van der Waals surface area contributed by atoms with Crippen LogP contribution in [0.2, 0.25) is 0 Å². The Bertz CT molecular complexity index is 690. The average molecular weight is 449 g/mol. The summed E-state index contributed by atoms with van der Waals surface area (Å²) in [6, 6.07) is 0. The highest BCUT2D eigenvalue weighted by atomic mass is 32.2. The fourth-order valence-corrected chi connectivity index (χ4v) is 3.82. The number of nitrogens with zero attached hydrogens (tertiary/aromatic N) is 1. The van der Waals surface area contributed by atoms with E-state index in [1.807, 2.05) is 6.92 Å². The number of esters is 1. The molecular formula is C21H40N2O6S. The van der Waals surface area contributed by atoms with E-state index in [9.17, 15) is 23.1 Å². The van der Waals surface area contributed by atoms with Crippen LogP contribution in [0.4, 0.5) is 0 Å². The van der Waals surface area contributed by atoms with Gasteiger partial charge in [-0.15, -0.1) is 0 Å². The van der Waals surface area contributed by atoms with E-state index in [1.54, 1.807) is 20.8 Å². The van der Waals surface area contributed by atoms with E-state index >= 15 is 0 Å². The zero-order valence-corrected chi connectivity index (χ0v) is 20.3. The minimum absolute atomic E-state index is 0.0157. The number of nitrogens with one attached hydrogen (secondary N) is 1. The second kappa shape index (κ2) is 12.3. The number of carbonyl (C=O) groups excluding carboxylic acids is 2. The van der Waals surface area contributed by atoms with E-state index < -0.39 is 27.5 Å². The first kappa shape index (κ1) is 28.4. The van der Waals surface area contributed by atoms with Gasteiger partial charge < -0.3 is 15.2 Å². The van der Waals surface area contributed by atoms with Crippen molar-refractivity contribution in [1.29, 1.82) is 0 Å². The summed E-state index contributed by atoms with van der Waals surface area (Å²) in [6.07, 6.45) is 1.72. The molecule has 0 heterocycles. The Balaban J connectivity index is 4.94. The average Bonchev–Trinajstić information content (AvgIpc) is 2.62. The molecule has 0 fully saturated rings. The first-order chi connectivity index (χ1) is 13.7. The highest BCUT2D eigenvalue weighted by Crippen LogP contribution is 2.26. The molecule has 0 radical (unpaired) electrons. The molecule has 0 aliphatic carbocycles. The van der Waals surface area contributed by atoms with E-state index in [0.717, 1.165) is 17.0 Å². The molecule has 30 heavy (non-hydrogen) atoms. The van der Waals surface area contributed by atoms with Crippen molar-refractivity contribution in [1.82, 2.24) is 9.62 Å². The molecule has 2 unspecified atom stereocenters. The maximum absolute atomic E-state index is 12.3. The molecule has 0 saturated heterocycles. The van der Waals surface area contributed by atoms with Gasteiger partial charge in [-0.1, -0.05) is 33.8 Å². The lowest BCUT2D eigenvalue weighted by atomic mass is 9.84. The number of hydrogen-bond donors (Lipinski definition) is 2. The van der Waals surface area contributed by atoms with E-state index in [4.69, 9.17) is 4.74 Å². The summed E-state index contributed by atoms with van der Waals surface area (Å²) in [6.45, 7) is 14.9. The van der Waals surface area contributed by atoms with Crippen LogP contribution in [0.3, 0.4) is 0 Å². The lowest BCUT2D eigenvalue weighted by Crippen LogP contribution is -2.41. The summed E-state index contributed by atoms with van der Waals surface area (Å²) in [5.41, 5.74) is -1.11. The van der Waals surface area contributed by atoms with Gasteiger partial charge in [0.05, 0.1) is 24.4 Å². The fraction of sp³-hybridized carbons (Fsp3) is 0.810. The molecule has 176 valence electrons. The van der Waals surface area contributed by atoms with E-state index in [-0.39, 0.29) is 50.1 Å². The van der Waals surface area contributed by atoms with Gasteiger partial charge in [0.2, 0.25) is 15.9 Å². The van der Waals surface area contributed by atoms with Crippen LogP contribution >= 0.6 is 0 Å². The van der Waals surface area contributed by atoms with Gasteiger partial charge in [0.15, 0.2) is 0 Å². The zero-order valence-electron chi connectivity index (χ0n) is 19.5. The molecule has 0 aromatic carbocycles. The van der Waals surface area contributed by atoms with Gasteiger partial charge >= 0.3 is 5.97 Å². The normalized spacial score (nSPS) is 15.1. The van der Waals surface area contributed by atoms with E-state index in [0.29, 0.717) is 5.92 Å². The Kier molecular flexibility index (Phi) is 11.6. The molecule has 9 heteroatoms. The number of ether oxygens (including phenoxy) is 1. The standard InChI is InChI=1S/C21H40N2O6S/c1-9-15(3)16(4)14-19(25)22-17(5)23(30(8,27)28)13-11-12-18(24)21(6,7)20(26)29-10-2/h15-16,18,24H,5,9-14H2,1-4,6-8H3,(H,22,25)/t15-,16?,18?/m1/s1. The molecule has 0 saturated carbocycles. The molecule has 0 spiro atoms. The number of carbonyl (C=O) groups is 2. The third kappa shape index (κ3) is 9.04. The maximum Gasteiger partial charge on any atom is 0.314 e. The molecule has 2 N–H and O–H groups in total. The summed E-state index contributed by atoms with van der Waals surface area (Å²) in [5, 5.41) is 13.0. The summed E-state index contributed by atoms with van der Waals surface area (Å²) in [5.74, 6) is -0.276. The lowest BCUT2D eigenvalue weighted by Gasteiger charge is -2.29. The Morgan fingerprint density at radius 2 is 1.77 bits per heavy atom. The number of amides is 1. The second-order valence-corrected chi connectivity index (χ2v) is 10.4. The van der Waals surface area contributed by atoms with Gasteiger partial charge in [0.25, 0.3) is 0 Å². The Hall–Kier alpha value is -1.61. The Labute approximate surface area is 182 Å². The number of rotatable bonds is 14. The van der Waals surface area contributed by atoms with Gasteiger partial charge in [-0.3, -0.25) is 13.9 Å². The third-order valence-corrected chi connectivity index (χ3v) is 6.78. The topological polar surface area (TPSA) is 113 Å². The molecule has 8 nitrogen and oxygen atoms in total. The smallest absolute Gasteiger partial charge is 0.314 e. The molecule has 1 amide bonds. The van der Waals surface area contributed by atoms with Crippen LogP contribution in [-0.2, 0) is 24.3 Å². The van der Waals surface area contributed by atoms with Crippen molar-refractivity contribution < 1.29 is 27.9 Å². The molecule has 0 aromatic rings. The summed E-state index contributed by atoms with van der Waals surface area (Å²) in [7, 11) is -3.67. The van der Waals surface area contributed by atoms with Gasteiger partial charge in [0, 0.05) is 13.0 Å². The number of aliphatic hydroxyl groups is 1. The molecule has 0 rings (SSSR count). The lowest BCUT2D eigenvalue weighted by molar-refractivity contribution is -0.160. The largest absolute Gasteiger partial charge is 0.466 e. The third-order valence-electron chi connectivity index (χ3n) is 5.58. The number of hydrogen-bond acceptors (Lipinski definition) is 6. The highest BCUT2D eigenvalue weighted by molar-refractivity contribution is 7.88. The van der Waals surface area contributed by atoms with Gasteiger partial charge in [-0.2, -0.15) is 0 Å². The van der Waals surface area contributed by atoms with Crippen molar-refractivity contribution >= 4 is 21.9 Å². The van der Waals surface area contributed by atoms with Crippen molar-refractivity contribution in [3.63, 3.8) is 0 Å². The minimum Gasteiger partial charge on any atom is -0.466 e. The monoisotopic (exact) mass is 448 g/mol. The van der Waals surface area contributed by atoms with Crippen LogP contribution in [0, 0.1) is 17.3 Å². The predicted octanol–water partition coefficient (Wildman–Crippen LogP) is 2.64. The van der Waals surface area contributed by atoms with Crippen LogP contribution in [0.25, 0.3) is 0 Å². The van der Waals surface area contributed by atoms with E-state index in [1.165, 1.54) is 0 Å². The Morgan fingerprint density at radius 1 is 1.20 bits per heavy atom. The SMILES string of the molecule is C=C(NC(=O)CC(C)[C@H](C)CC)N(CCCC(O)C(C)(C)C(=O)OCC)S(C)(=O)=O. The molecule has 0 aliphatic heterocycles. The van der Waals surface area contributed by atoms with Crippen LogP contribution < -0.4 is 5.32 Å². The fourth-order valence-electron chi connectivity index (χ4n) is 2.91. The molecule has 0 bridgehead atoms. The highest BCUT2D eigenvalue weighted by Gasteiger charge is 2.37. The first-order valence-corrected chi connectivity index (χ1v) is 12.3. The minimum atomic E-state index is -3.67. The van der Waals surface area contributed by atoms with Crippen LogP contribution in [0.15, 0.2) is 12.4 Å². The number of sulfonamides is 1. The van der Waals surface area contributed by atoms with E-state index in [2.05, 4.69) is 25.7 Å². The van der Waals surface area contributed by atoms with Crippen molar-refractivity contribution in [3.8, 4) is 0 Å². The molecule has 0 aromatic heterocycles. The predicted molar refractivity (Wildman–Crippen MR) is 118 cm³/mol. The zero-order chi connectivity index (χ0) is 23.7. The Morgan fingerprint density at radius 3 is 2.23 bits per heavy atom. The van der Waals surface area contributed by atoms with Crippen molar-refractivity contribution in [2.45, 2.75) is 73.3 Å². The van der Waals surface area contributed by atoms with Gasteiger partial charge in [-0.25, -0.2) is 8.42 Å². The maximum atomic E-state index is 12.3. The van der Waals surface area contributed by atoms with Crippen LogP contribution in [0.5, 0.6) is 0 Å².